The van der Waals surface area contributed by atoms with E-state index < -0.39 is 11.7 Å². The number of carbonyl (C=O) groups is 1. The standard InChI is InChI=1S/C24H25F3N2O/c25-24(26,27)19-4-1-15(2-5-19)17-3-6-20-18-9-12-29(22(14-18)21(20)13-17)23(30)16-7-10-28-11-8-16/h1-6,13,16,18,22,28H,7-12,14H2/t18?,22-/m0/s1. The molecule has 2 saturated heterocycles. The lowest BCUT2D eigenvalue weighted by atomic mass is 9.92. The van der Waals surface area contributed by atoms with Gasteiger partial charge in [0.25, 0.3) is 0 Å². The number of likely N-dealkylation sites (tertiary alicyclic amines) is 1. The summed E-state index contributed by atoms with van der Waals surface area (Å²) in [6.45, 7) is 2.58. The first kappa shape index (κ1) is 19.6. The summed E-state index contributed by atoms with van der Waals surface area (Å²) in [6, 6.07) is 11.6. The minimum absolute atomic E-state index is 0.0931. The predicted molar refractivity (Wildman–Crippen MR) is 109 cm³/mol. The zero-order chi connectivity index (χ0) is 20.9. The number of carbonyl (C=O) groups excluding carboxylic acids is 1. The lowest BCUT2D eigenvalue weighted by Crippen LogP contribution is -2.44. The van der Waals surface area contributed by atoms with E-state index in [4.69, 9.17) is 0 Å². The average molecular weight is 414 g/mol. The number of piperidine rings is 2. The normalized spacial score (nSPS) is 24.0. The molecule has 2 atom stereocenters. The molecule has 158 valence electrons. The number of nitrogens with one attached hydrogen (secondary N) is 1. The fourth-order valence-electron chi connectivity index (χ4n) is 5.38. The van der Waals surface area contributed by atoms with Crippen molar-refractivity contribution in [1.82, 2.24) is 10.2 Å². The summed E-state index contributed by atoms with van der Waals surface area (Å²) in [4.78, 5) is 15.3. The zero-order valence-electron chi connectivity index (χ0n) is 16.7. The Morgan fingerprint density at radius 2 is 1.63 bits per heavy atom. The molecule has 2 aliphatic heterocycles. The molecule has 2 aromatic carbocycles. The summed E-state index contributed by atoms with van der Waals surface area (Å²) in [6.07, 6.45) is -0.598. The van der Waals surface area contributed by atoms with Crippen LogP contribution in [0.15, 0.2) is 42.5 Å². The molecule has 2 bridgehead atoms. The second-order valence-corrected chi connectivity index (χ2v) is 8.71. The molecule has 1 unspecified atom stereocenters. The number of halogens is 3. The van der Waals surface area contributed by atoms with Gasteiger partial charge in [0.1, 0.15) is 0 Å². The van der Waals surface area contributed by atoms with Gasteiger partial charge < -0.3 is 10.2 Å². The van der Waals surface area contributed by atoms with E-state index in [1.807, 2.05) is 6.07 Å². The molecule has 0 spiro atoms. The number of amides is 1. The number of hydrogen-bond donors (Lipinski definition) is 1. The quantitative estimate of drug-likeness (QED) is 0.739. The Kier molecular flexibility index (Phi) is 4.85. The van der Waals surface area contributed by atoms with E-state index in [1.54, 1.807) is 0 Å². The van der Waals surface area contributed by atoms with E-state index in [9.17, 15) is 18.0 Å². The van der Waals surface area contributed by atoms with Gasteiger partial charge in [0.05, 0.1) is 11.6 Å². The first-order valence-corrected chi connectivity index (χ1v) is 10.7. The highest BCUT2D eigenvalue weighted by molar-refractivity contribution is 5.80. The highest BCUT2D eigenvalue weighted by Gasteiger charge is 2.42. The summed E-state index contributed by atoms with van der Waals surface area (Å²) < 4.78 is 38.6. The van der Waals surface area contributed by atoms with Crippen molar-refractivity contribution in [2.75, 3.05) is 19.6 Å². The maximum absolute atomic E-state index is 13.2. The van der Waals surface area contributed by atoms with Gasteiger partial charge in [-0.2, -0.15) is 13.2 Å². The van der Waals surface area contributed by atoms with Gasteiger partial charge in [0, 0.05) is 12.5 Å². The maximum atomic E-state index is 13.2. The van der Waals surface area contributed by atoms with E-state index in [2.05, 4.69) is 22.3 Å². The van der Waals surface area contributed by atoms with Crippen molar-refractivity contribution in [3.63, 3.8) is 0 Å². The van der Waals surface area contributed by atoms with Crippen LogP contribution in [0.25, 0.3) is 11.1 Å². The number of nitrogens with zero attached hydrogens (tertiary/aromatic N) is 1. The summed E-state index contributed by atoms with van der Waals surface area (Å²) in [7, 11) is 0. The average Bonchev–Trinajstić information content (AvgIpc) is 3.05. The van der Waals surface area contributed by atoms with Crippen LogP contribution in [0, 0.1) is 5.92 Å². The molecule has 30 heavy (non-hydrogen) atoms. The molecule has 2 aromatic rings. The van der Waals surface area contributed by atoms with Crippen LogP contribution in [-0.4, -0.2) is 30.4 Å². The van der Waals surface area contributed by atoms with Crippen LogP contribution in [0.5, 0.6) is 0 Å². The molecule has 3 aliphatic rings. The molecule has 1 N–H and O–H groups in total. The number of alkyl halides is 3. The minimum Gasteiger partial charge on any atom is -0.335 e. The van der Waals surface area contributed by atoms with Gasteiger partial charge in [-0.25, -0.2) is 0 Å². The third-order valence-corrected chi connectivity index (χ3v) is 7.01. The molecule has 0 saturated carbocycles. The number of fused-ring (bicyclic) bond motifs is 5. The van der Waals surface area contributed by atoms with Crippen molar-refractivity contribution < 1.29 is 18.0 Å². The van der Waals surface area contributed by atoms with Crippen molar-refractivity contribution in [1.29, 1.82) is 0 Å². The minimum atomic E-state index is -4.33. The Labute approximate surface area is 174 Å². The molecule has 1 aliphatic carbocycles. The van der Waals surface area contributed by atoms with Crippen LogP contribution in [-0.2, 0) is 11.0 Å². The molecular formula is C24H25F3N2O. The fourth-order valence-corrected chi connectivity index (χ4v) is 5.38. The second-order valence-electron chi connectivity index (χ2n) is 8.71. The van der Waals surface area contributed by atoms with Crippen LogP contribution >= 0.6 is 0 Å². The molecular weight excluding hydrogens is 389 g/mol. The van der Waals surface area contributed by atoms with Crippen molar-refractivity contribution in [3.8, 4) is 11.1 Å². The van der Waals surface area contributed by atoms with Crippen molar-refractivity contribution in [2.24, 2.45) is 5.92 Å². The smallest absolute Gasteiger partial charge is 0.335 e. The molecule has 2 fully saturated rings. The topological polar surface area (TPSA) is 32.3 Å². The molecule has 3 nitrogen and oxygen atoms in total. The highest BCUT2D eigenvalue weighted by atomic mass is 19.4. The predicted octanol–water partition coefficient (Wildman–Crippen LogP) is 5.13. The van der Waals surface area contributed by atoms with Crippen molar-refractivity contribution in [3.05, 3.63) is 59.2 Å². The van der Waals surface area contributed by atoms with Gasteiger partial charge in [0.15, 0.2) is 0 Å². The Balaban J connectivity index is 1.43. The number of hydrogen-bond acceptors (Lipinski definition) is 2. The first-order chi connectivity index (χ1) is 14.4. The van der Waals surface area contributed by atoms with Gasteiger partial charge >= 0.3 is 6.18 Å². The molecule has 6 heteroatoms. The van der Waals surface area contributed by atoms with E-state index in [0.717, 1.165) is 68.6 Å². The van der Waals surface area contributed by atoms with Gasteiger partial charge in [0.2, 0.25) is 5.91 Å². The third kappa shape index (κ3) is 3.41. The maximum Gasteiger partial charge on any atom is 0.416 e. The highest BCUT2D eigenvalue weighted by Crippen LogP contribution is 2.50. The summed E-state index contributed by atoms with van der Waals surface area (Å²) in [5.41, 5.74) is 3.52. The molecule has 0 aromatic heterocycles. The van der Waals surface area contributed by atoms with Gasteiger partial charge in [-0.1, -0.05) is 24.3 Å². The molecule has 1 amide bonds. The lowest BCUT2D eigenvalue weighted by Gasteiger charge is -2.37. The van der Waals surface area contributed by atoms with Gasteiger partial charge in [-0.15, -0.1) is 0 Å². The third-order valence-electron chi connectivity index (χ3n) is 7.01. The monoisotopic (exact) mass is 414 g/mol. The Morgan fingerprint density at radius 1 is 0.933 bits per heavy atom. The molecule has 0 radical (unpaired) electrons. The van der Waals surface area contributed by atoms with E-state index in [0.29, 0.717) is 5.92 Å². The number of rotatable bonds is 2. The summed E-state index contributed by atoms with van der Waals surface area (Å²) >= 11 is 0. The zero-order valence-corrected chi connectivity index (χ0v) is 16.7. The summed E-state index contributed by atoms with van der Waals surface area (Å²) in [5, 5.41) is 3.32. The lowest BCUT2D eigenvalue weighted by molar-refractivity contribution is -0.140. The van der Waals surface area contributed by atoms with Crippen LogP contribution < -0.4 is 5.32 Å². The van der Waals surface area contributed by atoms with Gasteiger partial charge in [-0.3, -0.25) is 4.79 Å². The van der Waals surface area contributed by atoms with E-state index in [-0.39, 0.29) is 17.9 Å². The largest absolute Gasteiger partial charge is 0.416 e. The van der Waals surface area contributed by atoms with Crippen molar-refractivity contribution >= 4 is 5.91 Å². The van der Waals surface area contributed by atoms with Crippen LogP contribution in [0.4, 0.5) is 13.2 Å². The van der Waals surface area contributed by atoms with E-state index in [1.165, 1.54) is 23.3 Å². The SMILES string of the molecule is O=C(C1CCNCC1)N1CCC2C[C@H]1c1cc(-c3ccc(C(F)(F)F)cc3)ccc12. The van der Waals surface area contributed by atoms with Gasteiger partial charge in [-0.05, 0) is 85.1 Å². The summed E-state index contributed by atoms with van der Waals surface area (Å²) in [5.74, 6) is 0.849. The molecule has 5 rings (SSSR count). The van der Waals surface area contributed by atoms with E-state index >= 15 is 0 Å². The molecule has 2 heterocycles. The van der Waals surface area contributed by atoms with Crippen LogP contribution in [0.1, 0.15) is 54.3 Å². The Morgan fingerprint density at radius 3 is 2.33 bits per heavy atom. The Bertz CT molecular complexity index is 948. The van der Waals surface area contributed by atoms with Crippen molar-refractivity contribution in [2.45, 2.75) is 43.8 Å². The number of benzene rings is 2. The van der Waals surface area contributed by atoms with Crippen LogP contribution in [0.2, 0.25) is 0 Å². The first-order valence-electron chi connectivity index (χ1n) is 10.7. The second kappa shape index (κ2) is 7.41. The fraction of sp³-hybridized carbons (Fsp3) is 0.458. The Hall–Kier alpha value is -2.34. The van der Waals surface area contributed by atoms with Crippen LogP contribution in [0.3, 0.4) is 0 Å².